The van der Waals surface area contributed by atoms with E-state index in [9.17, 15) is 4.79 Å². The molecular formula is C16H25N3O. The molecule has 1 amide bonds. The van der Waals surface area contributed by atoms with Gasteiger partial charge in [-0.05, 0) is 45.6 Å². The van der Waals surface area contributed by atoms with E-state index in [4.69, 9.17) is 0 Å². The number of amides is 1. The van der Waals surface area contributed by atoms with Crippen LogP contribution >= 0.6 is 0 Å². The predicted molar refractivity (Wildman–Crippen MR) is 81.8 cm³/mol. The van der Waals surface area contributed by atoms with Crippen molar-refractivity contribution >= 4 is 5.91 Å². The lowest BCUT2D eigenvalue weighted by atomic mass is 10.0. The molecule has 2 unspecified atom stereocenters. The van der Waals surface area contributed by atoms with Crippen molar-refractivity contribution in [3.8, 4) is 0 Å². The Morgan fingerprint density at radius 2 is 2.15 bits per heavy atom. The number of carbonyl (C=O) groups excluding carboxylic acids is 1. The standard InChI is InChI=1S/C16H25N3O/c1-12-13(2)19(9-8-17-12)16(20)15-7-5-6-14(10-15)11-18(3)4/h5-7,10,12-13,17H,8-9,11H2,1-4H3. The molecule has 1 aliphatic heterocycles. The molecular weight excluding hydrogens is 250 g/mol. The first-order valence-corrected chi connectivity index (χ1v) is 7.27. The lowest BCUT2D eigenvalue weighted by molar-refractivity contribution is 0.0603. The van der Waals surface area contributed by atoms with Gasteiger partial charge in [-0.25, -0.2) is 0 Å². The molecule has 0 spiro atoms. The van der Waals surface area contributed by atoms with E-state index in [1.165, 1.54) is 5.56 Å². The summed E-state index contributed by atoms with van der Waals surface area (Å²) in [5, 5.41) is 3.40. The van der Waals surface area contributed by atoms with E-state index in [0.29, 0.717) is 6.04 Å². The molecule has 0 saturated carbocycles. The Morgan fingerprint density at radius 1 is 1.40 bits per heavy atom. The number of hydrogen-bond donors (Lipinski definition) is 1. The summed E-state index contributed by atoms with van der Waals surface area (Å²) >= 11 is 0. The van der Waals surface area contributed by atoms with Crippen molar-refractivity contribution in [2.75, 3.05) is 27.2 Å². The molecule has 0 aromatic heterocycles. The fourth-order valence-corrected chi connectivity index (χ4v) is 2.68. The number of benzene rings is 1. The first-order chi connectivity index (χ1) is 9.49. The maximum atomic E-state index is 12.7. The van der Waals surface area contributed by atoms with Gasteiger partial charge in [0, 0.05) is 37.3 Å². The van der Waals surface area contributed by atoms with Crippen LogP contribution in [0.5, 0.6) is 0 Å². The molecule has 4 heteroatoms. The van der Waals surface area contributed by atoms with E-state index in [1.54, 1.807) is 0 Å². The number of hydrogen-bond acceptors (Lipinski definition) is 3. The fourth-order valence-electron chi connectivity index (χ4n) is 2.68. The van der Waals surface area contributed by atoms with Gasteiger partial charge >= 0.3 is 0 Å². The second-order valence-corrected chi connectivity index (χ2v) is 5.92. The minimum absolute atomic E-state index is 0.145. The lowest BCUT2D eigenvalue weighted by Gasteiger charge is -2.38. The minimum Gasteiger partial charge on any atom is -0.333 e. The Bertz CT molecular complexity index is 473. The number of nitrogens with zero attached hydrogens (tertiary/aromatic N) is 2. The van der Waals surface area contributed by atoms with E-state index < -0.39 is 0 Å². The minimum atomic E-state index is 0.145. The molecule has 2 rings (SSSR count). The molecule has 1 heterocycles. The molecule has 110 valence electrons. The molecule has 1 aromatic rings. The third kappa shape index (κ3) is 3.38. The predicted octanol–water partition coefficient (Wildman–Crippen LogP) is 1.57. The molecule has 1 N–H and O–H groups in total. The van der Waals surface area contributed by atoms with Crippen molar-refractivity contribution in [3.05, 3.63) is 35.4 Å². The summed E-state index contributed by atoms with van der Waals surface area (Å²) in [5.74, 6) is 0.145. The van der Waals surface area contributed by atoms with Crippen molar-refractivity contribution in [2.24, 2.45) is 0 Å². The van der Waals surface area contributed by atoms with Gasteiger partial charge in [0.25, 0.3) is 5.91 Å². The molecule has 0 bridgehead atoms. The summed E-state index contributed by atoms with van der Waals surface area (Å²) in [6, 6.07) is 8.55. The van der Waals surface area contributed by atoms with Gasteiger partial charge in [-0.2, -0.15) is 0 Å². The average molecular weight is 275 g/mol. The van der Waals surface area contributed by atoms with E-state index in [-0.39, 0.29) is 11.9 Å². The third-order valence-electron chi connectivity index (χ3n) is 3.97. The highest BCUT2D eigenvalue weighted by molar-refractivity contribution is 5.94. The van der Waals surface area contributed by atoms with E-state index >= 15 is 0 Å². The van der Waals surface area contributed by atoms with Crippen LogP contribution in [-0.4, -0.2) is 55.0 Å². The molecule has 1 saturated heterocycles. The Kier molecular flexibility index (Phi) is 4.78. The first kappa shape index (κ1) is 15.0. The van der Waals surface area contributed by atoms with Crippen LogP contribution < -0.4 is 5.32 Å². The van der Waals surface area contributed by atoms with Crippen LogP contribution in [0.15, 0.2) is 24.3 Å². The van der Waals surface area contributed by atoms with Crippen LogP contribution in [0.3, 0.4) is 0 Å². The smallest absolute Gasteiger partial charge is 0.254 e. The fraction of sp³-hybridized carbons (Fsp3) is 0.562. The lowest BCUT2D eigenvalue weighted by Crippen LogP contribution is -2.57. The zero-order valence-electron chi connectivity index (χ0n) is 12.9. The third-order valence-corrected chi connectivity index (χ3v) is 3.97. The SMILES string of the molecule is CC1NCCN(C(=O)c2cccc(CN(C)C)c2)C1C. The first-order valence-electron chi connectivity index (χ1n) is 7.27. The largest absolute Gasteiger partial charge is 0.333 e. The quantitative estimate of drug-likeness (QED) is 0.909. The summed E-state index contributed by atoms with van der Waals surface area (Å²) in [7, 11) is 4.07. The zero-order chi connectivity index (χ0) is 14.7. The van der Waals surface area contributed by atoms with Gasteiger partial charge in [0.15, 0.2) is 0 Å². The van der Waals surface area contributed by atoms with E-state index in [0.717, 1.165) is 25.2 Å². The van der Waals surface area contributed by atoms with Crippen molar-refractivity contribution in [1.29, 1.82) is 0 Å². The maximum absolute atomic E-state index is 12.7. The Balaban J connectivity index is 2.16. The van der Waals surface area contributed by atoms with Crippen molar-refractivity contribution in [1.82, 2.24) is 15.1 Å². The number of piperazine rings is 1. The maximum Gasteiger partial charge on any atom is 0.254 e. The number of nitrogens with one attached hydrogen (secondary N) is 1. The highest BCUT2D eigenvalue weighted by Crippen LogP contribution is 2.15. The van der Waals surface area contributed by atoms with Gasteiger partial charge in [0.1, 0.15) is 0 Å². The second-order valence-electron chi connectivity index (χ2n) is 5.92. The van der Waals surface area contributed by atoms with Gasteiger partial charge in [0.05, 0.1) is 0 Å². The Labute approximate surface area is 121 Å². The normalized spacial score (nSPS) is 23.1. The van der Waals surface area contributed by atoms with Crippen LogP contribution in [0, 0.1) is 0 Å². The monoisotopic (exact) mass is 275 g/mol. The average Bonchev–Trinajstić information content (AvgIpc) is 2.41. The summed E-state index contributed by atoms with van der Waals surface area (Å²) in [6.45, 7) is 6.75. The highest BCUT2D eigenvalue weighted by Gasteiger charge is 2.28. The number of carbonyl (C=O) groups is 1. The summed E-state index contributed by atoms with van der Waals surface area (Å²) in [6.07, 6.45) is 0. The van der Waals surface area contributed by atoms with Gasteiger partial charge in [-0.3, -0.25) is 4.79 Å². The summed E-state index contributed by atoms with van der Waals surface area (Å²) in [5.41, 5.74) is 1.97. The topological polar surface area (TPSA) is 35.6 Å². The molecule has 1 aromatic carbocycles. The molecule has 2 atom stereocenters. The summed E-state index contributed by atoms with van der Waals surface area (Å²) < 4.78 is 0. The molecule has 20 heavy (non-hydrogen) atoms. The van der Waals surface area contributed by atoms with Crippen molar-refractivity contribution < 1.29 is 4.79 Å². The van der Waals surface area contributed by atoms with Crippen LogP contribution in [-0.2, 0) is 6.54 Å². The Hall–Kier alpha value is -1.39. The highest BCUT2D eigenvalue weighted by atomic mass is 16.2. The van der Waals surface area contributed by atoms with Crippen LogP contribution in [0.2, 0.25) is 0 Å². The van der Waals surface area contributed by atoms with Gasteiger partial charge in [-0.1, -0.05) is 12.1 Å². The molecule has 4 nitrogen and oxygen atoms in total. The second kappa shape index (κ2) is 6.37. The van der Waals surface area contributed by atoms with Gasteiger partial charge < -0.3 is 15.1 Å². The van der Waals surface area contributed by atoms with Crippen molar-refractivity contribution in [2.45, 2.75) is 32.5 Å². The number of rotatable bonds is 3. The Morgan fingerprint density at radius 3 is 2.85 bits per heavy atom. The van der Waals surface area contributed by atoms with Crippen LogP contribution in [0.1, 0.15) is 29.8 Å². The van der Waals surface area contributed by atoms with E-state index in [1.807, 2.05) is 37.2 Å². The van der Waals surface area contributed by atoms with Gasteiger partial charge in [-0.15, -0.1) is 0 Å². The molecule has 0 aliphatic carbocycles. The van der Waals surface area contributed by atoms with Gasteiger partial charge in [0.2, 0.25) is 0 Å². The molecule has 1 aliphatic rings. The summed E-state index contributed by atoms with van der Waals surface area (Å²) in [4.78, 5) is 16.8. The van der Waals surface area contributed by atoms with Crippen LogP contribution in [0.25, 0.3) is 0 Å². The van der Waals surface area contributed by atoms with E-state index in [2.05, 4.69) is 30.1 Å². The van der Waals surface area contributed by atoms with Crippen molar-refractivity contribution in [3.63, 3.8) is 0 Å². The molecule has 0 radical (unpaired) electrons. The zero-order valence-corrected chi connectivity index (χ0v) is 12.9. The molecule has 1 fully saturated rings. The van der Waals surface area contributed by atoms with Crippen LogP contribution in [0.4, 0.5) is 0 Å².